The van der Waals surface area contributed by atoms with E-state index >= 15 is 0 Å². The number of hydrogen-bond acceptors (Lipinski definition) is 2. The van der Waals surface area contributed by atoms with Gasteiger partial charge in [-0.15, -0.1) is 0 Å². The number of rotatable bonds is 5. The van der Waals surface area contributed by atoms with Crippen LogP contribution in [-0.4, -0.2) is 7.11 Å². The molecule has 0 atom stereocenters. The molecule has 0 aliphatic rings. The molecule has 5 aromatic rings. The van der Waals surface area contributed by atoms with Gasteiger partial charge in [0.25, 0.3) is 0 Å². The second-order valence-electron chi connectivity index (χ2n) is 7.36. The predicted molar refractivity (Wildman–Crippen MR) is 134 cm³/mol. The summed E-state index contributed by atoms with van der Waals surface area (Å²) in [6.07, 6.45) is 0. The molecule has 0 saturated carbocycles. The number of methoxy groups -OCH3 is 1. The molecule has 0 amide bonds. The fourth-order valence-corrected chi connectivity index (χ4v) is 3.90. The largest absolute Gasteiger partial charge is 0.497 e. The lowest BCUT2D eigenvalue weighted by atomic mass is 9.97. The molecule has 0 radical (unpaired) electrons. The van der Waals surface area contributed by atoms with Crippen molar-refractivity contribution in [2.24, 2.45) is 0 Å². The average Bonchev–Trinajstić information content (AvgIpc) is 3.31. The number of benzene rings is 4. The molecule has 0 bridgehead atoms. The normalized spacial score (nSPS) is 10.4. The molecule has 2 nitrogen and oxygen atoms in total. The SMILES string of the molecule is C.COc1cccc(-c2ccccc2-c2cc(-c3ccccc3)c(-c3ccccc3)o2)c1. The van der Waals surface area contributed by atoms with Gasteiger partial charge in [-0.1, -0.05) is 104 Å². The third-order valence-corrected chi connectivity index (χ3v) is 5.43. The molecule has 32 heavy (non-hydrogen) atoms. The van der Waals surface area contributed by atoms with Crippen LogP contribution in [0.1, 0.15) is 7.43 Å². The van der Waals surface area contributed by atoms with Crippen molar-refractivity contribution < 1.29 is 9.15 Å². The van der Waals surface area contributed by atoms with Crippen molar-refractivity contribution in [2.75, 3.05) is 7.11 Å². The van der Waals surface area contributed by atoms with Gasteiger partial charge in [-0.3, -0.25) is 0 Å². The Hall–Kier alpha value is -4.04. The highest BCUT2D eigenvalue weighted by Crippen LogP contribution is 2.41. The van der Waals surface area contributed by atoms with E-state index in [2.05, 4.69) is 72.8 Å². The minimum absolute atomic E-state index is 0. The summed E-state index contributed by atoms with van der Waals surface area (Å²) in [4.78, 5) is 0. The molecular weight excluding hydrogens is 392 g/mol. The average molecular weight is 419 g/mol. The van der Waals surface area contributed by atoms with Crippen LogP contribution >= 0.6 is 0 Å². The van der Waals surface area contributed by atoms with E-state index in [1.165, 1.54) is 0 Å². The second-order valence-corrected chi connectivity index (χ2v) is 7.36. The van der Waals surface area contributed by atoms with Crippen molar-refractivity contribution in [3.63, 3.8) is 0 Å². The zero-order valence-electron chi connectivity index (χ0n) is 17.3. The van der Waals surface area contributed by atoms with Crippen LogP contribution in [0.3, 0.4) is 0 Å². The molecule has 2 heteroatoms. The molecule has 5 rings (SSSR count). The Kier molecular flexibility index (Phi) is 6.23. The summed E-state index contributed by atoms with van der Waals surface area (Å²) in [7, 11) is 1.69. The Labute approximate surface area is 189 Å². The summed E-state index contributed by atoms with van der Waals surface area (Å²) in [6.45, 7) is 0. The maximum atomic E-state index is 6.53. The Bertz CT molecular complexity index is 1240. The lowest BCUT2D eigenvalue weighted by molar-refractivity contribution is 0.415. The Morgan fingerprint density at radius 1 is 0.531 bits per heavy atom. The van der Waals surface area contributed by atoms with Gasteiger partial charge in [0.1, 0.15) is 17.3 Å². The molecule has 0 aliphatic carbocycles. The molecular formula is C30H26O2. The fraction of sp³-hybridized carbons (Fsp3) is 0.0667. The van der Waals surface area contributed by atoms with E-state index < -0.39 is 0 Å². The van der Waals surface area contributed by atoms with Gasteiger partial charge in [0.15, 0.2) is 0 Å². The van der Waals surface area contributed by atoms with Gasteiger partial charge in [-0.05, 0) is 34.9 Å². The third kappa shape index (κ3) is 4.08. The van der Waals surface area contributed by atoms with Crippen molar-refractivity contribution in [1.29, 1.82) is 0 Å². The smallest absolute Gasteiger partial charge is 0.142 e. The lowest BCUT2D eigenvalue weighted by Gasteiger charge is -2.09. The van der Waals surface area contributed by atoms with Crippen molar-refractivity contribution in [1.82, 2.24) is 0 Å². The minimum Gasteiger partial charge on any atom is -0.497 e. The zero-order chi connectivity index (χ0) is 21.0. The molecule has 1 aromatic heterocycles. The van der Waals surface area contributed by atoms with E-state index in [0.29, 0.717) is 0 Å². The topological polar surface area (TPSA) is 22.4 Å². The van der Waals surface area contributed by atoms with Gasteiger partial charge >= 0.3 is 0 Å². The standard InChI is InChI=1S/C29H22O2.CH4/c1-30-24-16-10-15-23(19-24)25-17-8-9-18-26(25)28-20-27(21-11-4-2-5-12-21)29(31-28)22-13-6-3-7-14-22;/h2-20H,1H3;1H4. The van der Waals surface area contributed by atoms with E-state index in [1.807, 2.05) is 42.5 Å². The Balaban J connectivity index is 0.00000245. The van der Waals surface area contributed by atoms with Crippen LogP contribution < -0.4 is 4.74 Å². The van der Waals surface area contributed by atoms with Gasteiger partial charge < -0.3 is 9.15 Å². The number of hydrogen-bond donors (Lipinski definition) is 0. The minimum atomic E-state index is 0. The van der Waals surface area contributed by atoms with Crippen molar-refractivity contribution in [3.8, 4) is 50.7 Å². The summed E-state index contributed by atoms with van der Waals surface area (Å²) < 4.78 is 12.0. The van der Waals surface area contributed by atoms with Gasteiger partial charge in [-0.25, -0.2) is 0 Å². The fourth-order valence-electron chi connectivity index (χ4n) is 3.90. The van der Waals surface area contributed by atoms with Crippen LogP contribution in [0.25, 0.3) is 44.9 Å². The van der Waals surface area contributed by atoms with E-state index in [9.17, 15) is 0 Å². The van der Waals surface area contributed by atoms with Gasteiger partial charge in [-0.2, -0.15) is 0 Å². The summed E-state index contributed by atoms with van der Waals surface area (Å²) in [5.74, 6) is 2.56. The Morgan fingerprint density at radius 3 is 1.81 bits per heavy atom. The van der Waals surface area contributed by atoms with Gasteiger partial charge in [0, 0.05) is 16.7 Å². The van der Waals surface area contributed by atoms with E-state index in [-0.39, 0.29) is 7.43 Å². The Morgan fingerprint density at radius 2 is 1.12 bits per heavy atom. The molecule has 1 heterocycles. The lowest BCUT2D eigenvalue weighted by Crippen LogP contribution is -1.86. The highest BCUT2D eigenvalue weighted by atomic mass is 16.5. The quantitative estimate of drug-likeness (QED) is 0.285. The summed E-state index contributed by atoms with van der Waals surface area (Å²) in [6, 6.07) is 39.3. The highest BCUT2D eigenvalue weighted by Gasteiger charge is 2.18. The van der Waals surface area contributed by atoms with Crippen molar-refractivity contribution in [2.45, 2.75) is 7.43 Å². The van der Waals surface area contributed by atoms with Crippen LogP contribution in [0.4, 0.5) is 0 Å². The summed E-state index contributed by atoms with van der Waals surface area (Å²) in [5, 5.41) is 0. The van der Waals surface area contributed by atoms with E-state index in [0.717, 1.165) is 50.7 Å². The first kappa shape index (κ1) is 21.2. The van der Waals surface area contributed by atoms with Crippen molar-refractivity contribution in [3.05, 3.63) is 115 Å². The molecule has 0 saturated heterocycles. The molecule has 0 spiro atoms. The second kappa shape index (κ2) is 9.40. The van der Waals surface area contributed by atoms with Crippen LogP contribution in [0.5, 0.6) is 5.75 Å². The monoisotopic (exact) mass is 418 g/mol. The van der Waals surface area contributed by atoms with Crippen molar-refractivity contribution >= 4 is 0 Å². The molecule has 0 unspecified atom stereocenters. The maximum Gasteiger partial charge on any atom is 0.142 e. The number of furan rings is 1. The molecule has 158 valence electrons. The van der Waals surface area contributed by atoms with Gasteiger partial charge in [0.2, 0.25) is 0 Å². The van der Waals surface area contributed by atoms with Crippen LogP contribution in [0.2, 0.25) is 0 Å². The molecule has 0 aliphatic heterocycles. The summed E-state index contributed by atoms with van der Waals surface area (Å²) >= 11 is 0. The summed E-state index contributed by atoms with van der Waals surface area (Å²) in [5.41, 5.74) is 6.53. The molecule has 0 N–H and O–H groups in total. The third-order valence-electron chi connectivity index (χ3n) is 5.43. The first-order valence-electron chi connectivity index (χ1n) is 10.3. The molecule has 0 fully saturated rings. The van der Waals surface area contributed by atoms with Crippen LogP contribution in [-0.2, 0) is 0 Å². The van der Waals surface area contributed by atoms with E-state index in [4.69, 9.17) is 9.15 Å². The van der Waals surface area contributed by atoms with E-state index in [1.54, 1.807) is 7.11 Å². The number of ether oxygens (including phenoxy) is 1. The van der Waals surface area contributed by atoms with Crippen LogP contribution in [0, 0.1) is 0 Å². The molecule has 4 aromatic carbocycles. The zero-order valence-corrected chi connectivity index (χ0v) is 17.3. The van der Waals surface area contributed by atoms with Gasteiger partial charge in [0.05, 0.1) is 7.11 Å². The predicted octanol–water partition coefficient (Wildman–Crippen LogP) is 8.59. The van der Waals surface area contributed by atoms with Crippen LogP contribution in [0.15, 0.2) is 120 Å². The highest BCUT2D eigenvalue weighted by molar-refractivity contribution is 5.88. The first-order valence-corrected chi connectivity index (χ1v) is 10.3. The maximum absolute atomic E-state index is 6.53. The first-order chi connectivity index (χ1) is 15.3.